The molecule has 15 heavy (non-hydrogen) atoms. The summed E-state index contributed by atoms with van der Waals surface area (Å²) < 4.78 is 4.80. The van der Waals surface area contributed by atoms with Crippen LogP contribution >= 0.6 is 0 Å². The van der Waals surface area contributed by atoms with Crippen molar-refractivity contribution < 1.29 is 14.3 Å². The first-order valence-corrected chi connectivity index (χ1v) is 4.93. The Kier molecular flexibility index (Phi) is 4.54. The van der Waals surface area contributed by atoms with Gasteiger partial charge in [0.25, 0.3) is 0 Å². The molecule has 0 aliphatic heterocycles. The highest BCUT2D eigenvalue weighted by Crippen LogP contribution is 2.17. The van der Waals surface area contributed by atoms with Crippen molar-refractivity contribution in [1.82, 2.24) is 0 Å². The lowest BCUT2D eigenvalue weighted by atomic mass is 9.97. The van der Waals surface area contributed by atoms with Gasteiger partial charge in [-0.15, -0.1) is 0 Å². The number of hydrogen-bond donors (Lipinski definition) is 0. The predicted octanol–water partition coefficient (Wildman–Crippen LogP) is 1.92. The number of rotatable bonds is 5. The summed E-state index contributed by atoms with van der Waals surface area (Å²) in [6.45, 7) is 2.09. The second-order valence-corrected chi connectivity index (χ2v) is 3.16. The normalized spacial score (nSPS) is 11.8. The summed E-state index contributed by atoms with van der Waals surface area (Å²) >= 11 is 0. The minimum absolute atomic E-state index is 0.112. The minimum Gasteiger partial charge on any atom is -0.466 e. The zero-order chi connectivity index (χ0) is 11.1. The molecule has 0 saturated carbocycles. The van der Waals surface area contributed by atoms with Gasteiger partial charge in [0.15, 0.2) is 0 Å². The number of esters is 1. The molecule has 0 saturated heterocycles. The Labute approximate surface area is 89.1 Å². The lowest BCUT2D eigenvalue weighted by molar-refractivity contribution is -0.144. The molecule has 1 aromatic rings. The summed E-state index contributed by atoms with van der Waals surface area (Å²) in [4.78, 5) is 22.0. The molecule has 0 aliphatic carbocycles. The zero-order valence-electron chi connectivity index (χ0n) is 8.68. The van der Waals surface area contributed by atoms with Crippen molar-refractivity contribution in [1.29, 1.82) is 0 Å². The highest BCUT2D eigenvalue weighted by atomic mass is 16.5. The molecule has 1 aromatic carbocycles. The van der Waals surface area contributed by atoms with Crippen molar-refractivity contribution in [3.8, 4) is 0 Å². The molecule has 80 valence electrons. The first kappa shape index (κ1) is 11.4. The predicted molar refractivity (Wildman–Crippen MR) is 56.5 cm³/mol. The monoisotopic (exact) mass is 206 g/mol. The maximum absolute atomic E-state index is 11.2. The Morgan fingerprint density at radius 3 is 2.60 bits per heavy atom. The topological polar surface area (TPSA) is 43.4 Å². The van der Waals surface area contributed by atoms with E-state index < -0.39 is 5.92 Å². The Morgan fingerprint density at radius 1 is 1.40 bits per heavy atom. The summed E-state index contributed by atoms with van der Waals surface area (Å²) in [5.41, 5.74) is 0.848. The van der Waals surface area contributed by atoms with Crippen LogP contribution in [0.5, 0.6) is 0 Å². The Balaban J connectivity index is 2.65. The van der Waals surface area contributed by atoms with E-state index in [0.717, 1.165) is 11.8 Å². The fourth-order valence-corrected chi connectivity index (χ4v) is 1.34. The lowest BCUT2D eigenvalue weighted by Gasteiger charge is -2.09. The van der Waals surface area contributed by atoms with Gasteiger partial charge in [0.2, 0.25) is 0 Å². The van der Waals surface area contributed by atoms with Crippen LogP contribution in [0.15, 0.2) is 30.3 Å². The van der Waals surface area contributed by atoms with Crippen molar-refractivity contribution in [2.24, 2.45) is 0 Å². The molecule has 0 amide bonds. The average Bonchev–Trinajstić information content (AvgIpc) is 2.27. The van der Waals surface area contributed by atoms with Gasteiger partial charge in [-0.05, 0) is 12.5 Å². The number of benzene rings is 1. The van der Waals surface area contributed by atoms with Crippen molar-refractivity contribution in [3.05, 3.63) is 35.9 Å². The fraction of sp³-hybridized carbons (Fsp3) is 0.333. The first-order chi connectivity index (χ1) is 7.27. The molecular formula is C12H14O3. The van der Waals surface area contributed by atoms with Crippen molar-refractivity contribution in [3.63, 3.8) is 0 Å². The molecule has 1 atom stereocenters. The molecule has 0 spiro atoms. The van der Waals surface area contributed by atoms with E-state index in [0.29, 0.717) is 6.61 Å². The van der Waals surface area contributed by atoms with Gasteiger partial charge in [-0.1, -0.05) is 30.3 Å². The third-order valence-corrected chi connectivity index (χ3v) is 2.08. The number of carbonyl (C=O) groups is 2. The molecule has 1 rings (SSSR count). The van der Waals surface area contributed by atoms with Gasteiger partial charge in [-0.2, -0.15) is 0 Å². The molecule has 0 bridgehead atoms. The average molecular weight is 206 g/mol. The van der Waals surface area contributed by atoms with E-state index in [9.17, 15) is 9.59 Å². The summed E-state index contributed by atoms with van der Waals surface area (Å²) in [6, 6.07) is 9.22. The third kappa shape index (κ3) is 3.54. The van der Waals surface area contributed by atoms with Crippen LogP contribution in [0.4, 0.5) is 0 Å². The molecule has 3 nitrogen and oxygen atoms in total. The minimum atomic E-state index is -0.398. The number of hydrogen-bond acceptors (Lipinski definition) is 3. The molecule has 0 heterocycles. The van der Waals surface area contributed by atoms with Crippen molar-refractivity contribution >= 4 is 12.3 Å². The molecular weight excluding hydrogens is 192 g/mol. The van der Waals surface area contributed by atoms with Crippen molar-refractivity contribution in [2.45, 2.75) is 19.3 Å². The second-order valence-electron chi connectivity index (χ2n) is 3.16. The molecule has 3 heteroatoms. The fourth-order valence-electron chi connectivity index (χ4n) is 1.34. The van der Waals surface area contributed by atoms with Crippen LogP contribution in [0.2, 0.25) is 0 Å². The maximum Gasteiger partial charge on any atom is 0.306 e. The van der Waals surface area contributed by atoms with Crippen molar-refractivity contribution in [2.75, 3.05) is 6.61 Å². The second kappa shape index (κ2) is 5.96. The smallest absolute Gasteiger partial charge is 0.306 e. The van der Waals surface area contributed by atoms with Crippen LogP contribution in [0.25, 0.3) is 0 Å². The lowest BCUT2D eigenvalue weighted by Crippen LogP contribution is -2.11. The van der Waals surface area contributed by atoms with Gasteiger partial charge in [0.1, 0.15) is 6.29 Å². The summed E-state index contributed by atoms with van der Waals surface area (Å²) in [7, 11) is 0. The summed E-state index contributed by atoms with van der Waals surface area (Å²) in [6.07, 6.45) is 0.896. The van der Waals surface area contributed by atoms with E-state index in [4.69, 9.17) is 4.74 Å². The van der Waals surface area contributed by atoms with E-state index in [-0.39, 0.29) is 12.4 Å². The van der Waals surface area contributed by atoms with Crippen LogP contribution in [0, 0.1) is 0 Å². The van der Waals surface area contributed by atoms with Gasteiger partial charge < -0.3 is 9.53 Å². The summed E-state index contributed by atoms with van der Waals surface area (Å²) in [5.74, 6) is -0.733. The van der Waals surface area contributed by atoms with Gasteiger partial charge in [-0.3, -0.25) is 4.79 Å². The number of carbonyl (C=O) groups excluding carboxylic acids is 2. The Morgan fingerprint density at radius 2 is 2.07 bits per heavy atom. The van der Waals surface area contributed by atoms with E-state index >= 15 is 0 Å². The van der Waals surface area contributed by atoms with E-state index in [1.165, 1.54) is 0 Å². The molecule has 0 aliphatic rings. The zero-order valence-corrected chi connectivity index (χ0v) is 8.68. The van der Waals surface area contributed by atoms with E-state index in [1.807, 2.05) is 30.3 Å². The molecule has 0 unspecified atom stereocenters. The largest absolute Gasteiger partial charge is 0.466 e. The van der Waals surface area contributed by atoms with E-state index in [1.54, 1.807) is 6.92 Å². The van der Waals surface area contributed by atoms with Crippen LogP contribution in [-0.2, 0) is 14.3 Å². The molecule has 0 fully saturated rings. The van der Waals surface area contributed by atoms with Crippen LogP contribution in [0.1, 0.15) is 24.8 Å². The van der Waals surface area contributed by atoms with Gasteiger partial charge >= 0.3 is 5.97 Å². The Hall–Kier alpha value is -1.64. The third-order valence-electron chi connectivity index (χ3n) is 2.08. The van der Waals surface area contributed by atoms with Crippen LogP contribution in [0.3, 0.4) is 0 Å². The van der Waals surface area contributed by atoms with Gasteiger partial charge in [0.05, 0.1) is 18.9 Å². The molecule has 0 radical (unpaired) electrons. The van der Waals surface area contributed by atoms with Gasteiger partial charge in [0, 0.05) is 0 Å². The quantitative estimate of drug-likeness (QED) is 0.546. The highest BCUT2D eigenvalue weighted by Gasteiger charge is 2.15. The number of aldehydes is 1. The maximum atomic E-state index is 11.2. The van der Waals surface area contributed by atoms with E-state index in [2.05, 4.69) is 0 Å². The van der Waals surface area contributed by atoms with Crippen LogP contribution < -0.4 is 0 Å². The standard InChI is InChI=1S/C12H14O3/c1-2-15-12(14)8-11(9-13)10-6-4-3-5-7-10/h3-7,9,11H,2,8H2,1H3/t11-/m1/s1. The molecule has 0 N–H and O–H groups in total. The SMILES string of the molecule is CCOC(=O)C[C@H](C=O)c1ccccc1. The highest BCUT2D eigenvalue weighted by molar-refractivity contribution is 5.76. The number of ether oxygens (including phenoxy) is 1. The van der Waals surface area contributed by atoms with Crippen LogP contribution in [-0.4, -0.2) is 18.9 Å². The summed E-state index contributed by atoms with van der Waals surface area (Å²) in [5, 5.41) is 0. The van der Waals surface area contributed by atoms with Gasteiger partial charge in [-0.25, -0.2) is 0 Å². The molecule has 0 aromatic heterocycles. The first-order valence-electron chi connectivity index (χ1n) is 4.93. The Bertz CT molecular complexity index is 319.